The summed E-state index contributed by atoms with van der Waals surface area (Å²) >= 11 is 0. The lowest BCUT2D eigenvalue weighted by atomic mass is 9.98. The van der Waals surface area contributed by atoms with Gasteiger partial charge >= 0.3 is 0 Å². The Bertz CT molecular complexity index is 940. The second-order valence-electron chi connectivity index (χ2n) is 5.34. The average molecular weight is 269 g/mol. The predicted octanol–water partition coefficient (Wildman–Crippen LogP) is 5.36. The van der Waals surface area contributed by atoms with Crippen LogP contribution in [0, 0.1) is 6.92 Å². The molecule has 0 amide bonds. The Morgan fingerprint density at radius 2 is 1.38 bits per heavy atom. The molecule has 4 rings (SSSR count). The van der Waals surface area contributed by atoms with Gasteiger partial charge in [0.2, 0.25) is 0 Å². The van der Waals surface area contributed by atoms with E-state index in [-0.39, 0.29) is 0 Å². The smallest absolute Gasteiger partial charge is 0.0788 e. The number of hydrogen-bond acceptors (Lipinski definition) is 1. The molecule has 0 aliphatic carbocycles. The fraction of sp³-hybridized carbons (Fsp3) is 0.0500. The Morgan fingerprint density at radius 3 is 2.19 bits per heavy atom. The Kier molecular flexibility index (Phi) is 2.71. The average Bonchev–Trinajstić information content (AvgIpc) is 2.55. The molecule has 100 valence electrons. The summed E-state index contributed by atoms with van der Waals surface area (Å²) in [4.78, 5) is 4.93. The minimum absolute atomic E-state index is 1.06. The van der Waals surface area contributed by atoms with Gasteiger partial charge < -0.3 is 0 Å². The van der Waals surface area contributed by atoms with Gasteiger partial charge in [0, 0.05) is 16.3 Å². The first-order valence-corrected chi connectivity index (χ1v) is 7.18. The van der Waals surface area contributed by atoms with E-state index in [2.05, 4.69) is 73.7 Å². The van der Waals surface area contributed by atoms with Crippen molar-refractivity contribution < 1.29 is 0 Å². The molecule has 1 nitrogen and oxygen atoms in total. The molecule has 21 heavy (non-hydrogen) atoms. The van der Waals surface area contributed by atoms with E-state index in [1.54, 1.807) is 0 Å². The largest absolute Gasteiger partial charge is 0.247 e. The molecule has 0 atom stereocenters. The monoisotopic (exact) mass is 269 g/mol. The molecule has 1 aromatic heterocycles. The second kappa shape index (κ2) is 4.71. The molecule has 0 N–H and O–H groups in total. The highest BCUT2D eigenvalue weighted by molar-refractivity contribution is 6.12. The van der Waals surface area contributed by atoms with E-state index in [4.69, 9.17) is 4.98 Å². The van der Waals surface area contributed by atoms with Gasteiger partial charge in [-0.3, -0.25) is 0 Å². The summed E-state index contributed by atoms with van der Waals surface area (Å²) in [6.45, 7) is 2.15. The van der Waals surface area contributed by atoms with E-state index in [9.17, 15) is 0 Å². The van der Waals surface area contributed by atoms with Crippen LogP contribution in [0.2, 0.25) is 0 Å². The number of hydrogen-bond donors (Lipinski definition) is 0. The number of aromatic nitrogens is 1. The molecular weight excluding hydrogens is 254 g/mol. The third-order valence-corrected chi connectivity index (χ3v) is 3.98. The van der Waals surface area contributed by atoms with Crippen molar-refractivity contribution in [2.75, 3.05) is 0 Å². The fourth-order valence-electron chi connectivity index (χ4n) is 3.00. The number of benzene rings is 3. The predicted molar refractivity (Wildman–Crippen MR) is 89.4 cm³/mol. The Labute approximate surface area is 123 Å². The molecule has 0 unspecified atom stereocenters. The summed E-state index contributed by atoms with van der Waals surface area (Å²) in [7, 11) is 0. The van der Waals surface area contributed by atoms with Crippen molar-refractivity contribution in [1.29, 1.82) is 0 Å². The summed E-state index contributed by atoms with van der Waals surface area (Å²) < 4.78 is 0. The molecule has 4 aromatic rings. The molecule has 0 saturated carbocycles. The van der Waals surface area contributed by atoms with Crippen molar-refractivity contribution in [3.05, 3.63) is 78.4 Å². The van der Waals surface area contributed by atoms with Gasteiger partial charge in [0.25, 0.3) is 0 Å². The van der Waals surface area contributed by atoms with Crippen LogP contribution in [-0.4, -0.2) is 4.98 Å². The van der Waals surface area contributed by atoms with Crippen LogP contribution in [0.1, 0.15) is 5.56 Å². The molecule has 1 heteroatoms. The Morgan fingerprint density at radius 1 is 0.667 bits per heavy atom. The maximum absolute atomic E-state index is 4.93. The Hall–Kier alpha value is -2.67. The van der Waals surface area contributed by atoms with Gasteiger partial charge in [0.1, 0.15) is 0 Å². The number of aryl methyl sites for hydroxylation is 1. The lowest BCUT2D eigenvalue weighted by Gasteiger charge is -2.11. The van der Waals surface area contributed by atoms with E-state index in [1.165, 1.54) is 21.7 Å². The maximum atomic E-state index is 4.93. The summed E-state index contributed by atoms with van der Waals surface area (Å²) in [5.41, 5.74) is 4.56. The first kappa shape index (κ1) is 12.1. The van der Waals surface area contributed by atoms with E-state index in [0.717, 1.165) is 16.8 Å². The third-order valence-electron chi connectivity index (χ3n) is 3.98. The highest BCUT2D eigenvalue weighted by atomic mass is 14.7. The SMILES string of the molecule is Cc1cccc2nc(-c3ccccc3)c3ccccc3c12. The van der Waals surface area contributed by atoms with Crippen LogP contribution >= 0.6 is 0 Å². The molecule has 0 radical (unpaired) electrons. The summed E-state index contributed by atoms with van der Waals surface area (Å²) in [6.07, 6.45) is 0. The van der Waals surface area contributed by atoms with E-state index < -0.39 is 0 Å². The lowest BCUT2D eigenvalue weighted by molar-refractivity contribution is 1.41. The van der Waals surface area contributed by atoms with E-state index in [1.807, 2.05) is 6.07 Å². The molecule has 0 spiro atoms. The number of fused-ring (bicyclic) bond motifs is 3. The maximum Gasteiger partial charge on any atom is 0.0788 e. The summed E-state index contributed by atoms with van der Waals surface area (Å²) in [5, 5.41) is 3.75. The first-order valence-electron chi connectivity index (χ1n) is 7.18. The number of pyridine rings is 1. The van der Waals surface area contributed by atoms with Gasteiger partial charge in [-0.1, -0.05) is 66.7 Å². The Balaban J connectivity index is 2.21. The summed E-state index contributed by atoms with van der Waals surface area (Å²) in [6, 6.07) is 25.3. The van der Waals surface area contributed by atoms with Crippen molar-refractivity contribution in [1.82, 2.24) is 4.98 Å². The summed E-state index contributed by atoms with van der Waals surface area (Å²) in [5.74, 6) is 0. The van der Waals surface area contributed by atoms with Gasteiger partial charge in [-0.25, -0.2) is 4.98 Å². The normalized spacial score (nSPS) is 11.1. The molecular formula is C20H15N. The zero-order chi connectivity index (χ0) is 14.2. The zero-order valence-electron chi connectivity index (χ0n) is 11.9. The fourth-order valence-corrected chi connectivity index (χ4v) is 3.00. The van der Waals surface area contributed by atoms with E-state index >= 15 is 0 Å². The molecule has 0 fully saturated rings. The van der Waals surface area contributed by atoms with Crippen LogP contribution in [0.15, 0.2) is 72.8 Å². The highest BCUT2D eigenvalue weighted by Gasteiger charge is 2.10. The van der Waals surface area contributed by atoms with Crippen molar-refractivity contribution in [3.63, 3.8) is 0 Å². The van der Waals surface area contributed by atoms with Crippen LogP contribution in [0.4, 0.5) is 0 Å². The quantitative estimate of drug-likeness (QED) is 0.424. The van der Waals surface area contributed by atoms with Crippen molar-refractivity contribution in [3.8, 4) is 11.3 Å². The topological polar surface area (TPSA) is 12.9 Å². The van der Waals surface area contributed by atoms with Gasteiger partial charge in [0.15, 0.2) is 0 Å². The molecule has 0 saturated heterocycles. The molecule has 0 aliphatic rings. The standard InChI is InChI=1S/C20H15N/c1-14-8-7-13-18-19(14)16-11-5-6-12-17(16)20(21-18)15-9-3-2-4-10-15/h2-13H,1H3. The second-order valence-corrected chi connectivity index (χ2v) is 5.34. The van der Waals surface area contributed by atoms with Crippen LogP contribution in [0.5, 0.6) is 0 Å². The van der Waals surface area contributed by atoms with Crippen molar-refractivity contribution in [2.24, 2.45) is 0 Å². The van der Waals surface area contributed by atoms with Crippen LogP contribution in [0.3, 0.4) is 0 Å². The minimum atomic E-state index is 1.06. The van der Waals surface area contributed by atoms with Gasteiger partial charge in [-0.15, -0.1) is 0 Å². The highest BCUT2D eigenvalue weighted by Crippen LogP contribution is 2.33. The van der Waals surface area contributed by atoms with Gasteiger partial charge in [-0.05, 0) is 23.9 Å². The van der Waals surface area contributed by atoms with E-state index in [0.29, 0.717) is 0 Å². The van der Waals surface area contributed by atoms with Crippen LogP contribution in [-0.2, 0) is 0 Å². The van der Waals surface area contributed by atoms with Crippen molar-refractivity contribution in [2.45, 2.75) is 6.92 Å². The van der Waals surface area contributed by atoms with Crippen LogP contribution in [0.25, 0.3) is 32.9 Å². The third kappa shape index (κ3) is 1.90. The number of nitrogens with zero attached hydrogens (tertiary/aromatic N) is 1. The minimum Gasteiger partial charge on any atom is -0.247 e. The molecule has 0 bridgehead atoms. The molecule has 0 aliphatic heterocycles. The number of rotatable bonds is 1. The van der Waals surface area contributed by atoms with Gasteiger partial charge in [-0.2, -0.15) is 0 Å². The van der Waals surface area contributed by atoms with Crippen molar-refractivity contribution >= 4 is 21.7 Å². The molecule has 1 heterocycles. The molecule has 3 aromatic carbocycles. The first-order chi connectivity index (χ1) is 10.3. The van der Waals surface area contributed by atoms with Crippen LogP contribution < -0.4 is 0 Å². The lowest BCUT2D eigenvalue weighted by Crippen LogP contribution is -1.90. The van der Waals surface area contributed by atoms with Gasteiger partial charge in [0.05, 0.1) is 11.2 Å². The zero-order valence-corrected chi connectivity index (χ0v) is 11.9.